The zero-order chi connectivity index (χ0) is 22.9. The first-order valence-corrected chi connectivity index (χ1v) is 10.1. The minimum absolute atomic E-state index is 0.283. The van der Waals surface area contributed by atoms with E-state index in [0.29, 0.717) is 34.0 Å². The number of methoxy groups -OCH3 is 1. The highest BCUT2D eigenvalue weighted by Gasteiger charge is 2.16. The zero-order valence-corrected chi connectivity index (χ0v) is 17.9. The van der Waals surface area contributed by atoms with Gasteiger partial charge in [-0.15, -0.1) is 0 Å². The molecule has 0 radical (unpaired) electrons. The number of carbonyl (C=O) groups excluding carboxylic acids is 1. The molecule has 5 aromatic rings. The van der Waals surface area contributed by atoms with Crippen molar-refractivity contribution in [3.8, 4) is 22.9 Å². The van der Waals surface area contributed by atoms with Crippen molar-refractivity contribution in [3.63, 3.8) is 0 Å². The van der Waals surface area contributed by atoms with Gasteiger partial charge in [0.15, 0.2) is 17.3 Å². The molecule has 0 unspecified atom stereocenters. The van der Waals surface area contributed by atoms with E-state index < -0.39 is 5.97 Å². The number of esters is 1. The maximum Gasteiger partial charge on any atom is 0.308 e. The number of anilines is 3. The number of hydrogen-bond donors (Lipinski definition) is 3. The molecule has 0 spiro atoms. The molecule has 2 heterocycles. The van der Waals surface area contributed by atoms with Crippen molar-refractivity contribution in [1.82, 2.24) is 20.2 Å². The van der Waals surface area contributed by atoms with E-state index in [2.05, 4.69) is 15.5 Å². The van der Waals surface area contributed by atoms with Gasteiger partial charge in [0.2, 0.25) is 0 Å². The van der Waals surface area contributed by atoms with E-state index in [1.54, 1.807) is 24.4 Å². The van der Waals surface area contributed by atoms with Crippen LogP contribution in [-0.4, -0.2) is 33.2 Å². The van der Waals surface area contributed by atoms with E-state index in [1.165, 1.54) is 14.0 Å². The number of aromatic nitrogens is 4. The normalized spacial score (nSPS) is 11.0. The summed E-state index contributed by atoms with van der Waals surface area (Å²) in [5, 5.41) is 12.0. The number of benzene rings is 3. The molecule has 33 heavy (non-hydrogen) atoms. The topological polar surface area (TPSA) is 128 Å². The second kappa shape index (κ2) is 8.12. The molecule has 4 N–H and O–H groups in total. The van der Waals surface area contributed by atoms with Crippen molar-refractivity contribution in [3.05, 3.63) is 60.8 Å². The van der Waals surface area contributed by atoms with Crippen LogP contribution in [0.1, 0.15) is 6.92 Å². The van der Waals surface area contributed by atoms with Gasteiger partial charge in [0.1, 0.15) is 5.82 Å². The third-order valence-electron chi connectivity index (χ3n) is 5.08. The summed E-state index contributed by atoms with van der Waals surface area (Å²) < 4.78 is 10.8. The summed E-state index contributed by atoms with van der Waals surface area (Å²) in [5.41, 5.74) is 9.71. The minimum atomic E-state index is -0.454. The Morgan fingerprint density at radius 3 is 2.73 bits per heavy atom. The first-order valence-electron chi connectivity index (χ1n) is 10.1. The van der Waals surface area contributed by atoms with Crippen molar-refractivity contribution in [1.29, 1.82) is 0 Å². The Labute approximate surface area is 188 Å². The molecule has 0 amide bonds. The van der Waals surface area contributed by atoms with Crippen LogP contribution in [0.4, 0.5) is 17.2 Å². The number of rotatable bonds is 5. The maximum absolute atomic E-state index is 11.6. The van der Waals surface area contributed by atoms with Gasteiger partial charge in [0, 0.05) is 40.7 Å². The van der Waals surface area contributed by atoms with Crippen LogP contribution in [0.15, 0.2) is 60.8 Å². The Morgan fingerprint density at radius 1 is 1.06 bits per heavy atom. The van der Waals surface area contributed by atoms with E-state index in [9.17, 15) is 4.79 Å². The smallest absolute Gasteiger partial charge is 0.308 e. The lowest BCUT2D eigenvalue weighted by molar-refractivity contribution is -0.132. The lowest BCUT2D eigenvalue weighted by Gasteiger charge is -2.14. The summed E-state index contributed by atoms with van der Waals surface area (Å²) in [6.45, 7) is 1.34. The Morgan fingerprint density at radius 2 is 1.94 bits per heavy atom. The fraction of sp³-hybridized carbons (Fsp3) is 0.0833. The molecule has 0 saturated carbocycles. The SMILES string of the molecule is COc1cc2nc(-c3cccc(N)c3)nc(Nc3ccc4[nH]ncc4c3)c2cc1OC(C)=O. The lowest BCUT2D eigenvalue weighted by atomic mass is 10.1. The maximum atomic E-state index is 11.6. The molecule has 0 aliphatic rings. The Balaban J connectivity index is 1.70. The Kier molecular flexibility index (Phi) is 4.98. The number of nitrogens with one attached hydrogen (secondary N) is 2. The molecule has 0 aliphatic heterocycles. The Hall–Kier alpha value is -4.66. The summed E-state index contributed by atoms with van der Waals surface area (Å²) in [7, 11) is 1.51. The predicted octanol–water partition coefficient (Wildman–Crippen LogP) is 4.43. The quantitative estimate of drug-likeness (QED) is 0.208. The molecule has 9 nitrogen and oxygen atoms in total. The summed E-state index contributed by atoms with van der Waals surface area (Å²) in [6.07, 6.45) is 1.75. The number of fused-ring (bicyclic) bond motifs is 2. The fourth-order valence-corrected chi connectivity index (χ4v) is 3.59. The number of nitrogens with two attached hydrogens (primary N) is 1. The summed E-state index contributed by atoms with van der Waals surface area (Å²) >= 11 is 0. The van der Waals surface area contributed by atoms with Gasteiger partial charge in [-0.1, -0.05) is 12.1 Å². The zero-order valence-electron chi connectivity index (χ0n) is 17.9. The molecule has 0 atom stereocenters. The molecular weight excluding hydrogens is 420 g/mol. The number of nitrogen functional groups attached to an aromatic ring is 1. The Bertz CT molecular complexity index is 1510. The molecule has 2 aromatic heterocycles. The summed E-state index contributed by atoms with van der Waals surface area (Å²) in [6, 6.07) is 16.6. The molecule has 0 saturated heterocycles. The summed E-state index contributed by atoms with van der Waals surface area (Å²) in [4.78, 5) is 21.1. The van der Waals surface area contributed by atoms with Crippen LogP contribution in [-0.2, 0) is 4.79 Å². The standard InChI is InChI=1S/C24H20N6O3/c1-13(31)33-22-10-18-20(11-21(22)32-2)28-23(14-4-3-5-16(25)8-14)29-24(18)27-17-6-7-19-15(9-17)12-26-30-19/h3-12H,25H2,1-2H3,(H,26,30)(H,27,28,29). The number of nitrogens with zero attached hydrogens (tertiary/aromatic N) is 3. The van der Waals surface area contributed by atoms with Crippen molar-refractivity contribution < 1.29 is 14.3 Å². The lowest BCUT2D eigenvalue weighted by Crippen LogP contribution is -2.05. The molecule has 9 heteroatoms. The van der Waals surface area contributed by atoms with E-state index in [0.717, 1.165) is 22.2 Å². The van der Waals surface area contributed by atoms with Crippen LogP contribution in [0.5, 0.6) is 11.5 Å². The highest BCUT2D eigenvalue weighted by atomic mass is 16.6. The molecule has 3 aromatic carbocycles. The van der Waals surface area contributed by atoms with E-state index in [4.69, 9.17) is 25.2 Å². The van der Waals surface area contributed by atoms with Gasteiger partial charge in [-0.25, -0.2) is 9.97 Å². The fourth-order valence-electron chi connectivity index (χ4n) is 3.59. The van der Waals surface area contributed by atoms with Crippen LogP contribution in [0.25, 0.3) is 33.2 Å². The van der Waals surface area contributed by atoms with Crippen LogP contribution >= 0.6 is 0 Å². The van der Waals surface area contributed by atoms with Crippen molar-refractivity contribution in [2.45, 2.75) is 6.92 Å². The van der Waals surface area contributed by atoms with E-state index >= 15 is 0 Å². The first kappa shape index (κ1) is 20.3. The molecule has 5 rings (SSSR count). The third-order valence-corrected chi connectivity index (χ3v) is 5.08. The van der Waals surface area contributed by atoms with Gasteiger partial charge in [-0.2, -0.15) is 5.10 Å². The minimum Gasteiger partial charge on any atom is -0.493 e. The highest BCUT2D eigenvalue weighted by Crippen LogP contribution is 2.36. The molecule has 0 bridgehead atoms. The van der Waals surface area contributed by atoms with Crippen molar-refractivity contribution in [2.24, 2.45) is 0 Å². The number of ether oxygens (including phenoxy) is 2. The van der Waals surface area contributed by atoms with Crippen LogP contribution in [0.2, 0.25) is 0 Å². The van der Waals surface area contributed by atoms with Crippen molar-refractivity contribution >= 4 is 45.0 Å². The monoisotopic (exact) mass is 440 g/mol. The van der Waals surface area contributed by atoms with E-state index in [1.807, 2.05) is 36.4 Å². The van der Waals surface area contributed by atoms with Crippen LogP contribution in [0.3, 0.4) is 0 Å². The molecule has 164 valence electrons. The van der Waals surface area contributed by atoms with Gasteiger partial charge in [-0.3, -0.25) is 9.89 Å². The number of carbonyl (C=O) groups is 1. The highest BCUT2D eigenvalue weighted by molar-refractivity contribution is 5.96. The molecule has 0 aliphatic carbocycles. The van der Waals surface area contributed by atoms with Gasteiger partial charge in [0.25, 0.3) is 0 Å². The third kappa shape index (κ3) is 3.99. The molecular formula is C24H20N6O3. The summed E-state index contributed by atoms with van der Waals surface area (Å²) in [5.74, 6) is 1.25. The largest absolute Gasteiger partial charge is 0.493 e. The predicted molar refractivity (Wildman–Crippen MR) is 127 cm³/mol. The van der Waals surface area contributed by atoms with Crippen LogP contribution in [0, 0.1) is 0 Å². The average Bonchev–Trinajstić information content (AvgIpc) is 3.26. The van der Waals surface area contributed by atoms with Gasteiger partial charge < -0.3 is 20.5 Å². The second-order valence-electron chi connectivity index (χ2n) is 7.43. The first-order chi connectivity index (χ1) is 16.0. The number of H-pyrrole nitrogens is 1. The van der Waals surface area contributed by atoms with Gasteiger partial charge in [-0.05, 0) is 36.4 Å². The van der Waals surface area contributed by atoms with Crippen LogP contribution < -0.4 is 20.5 Å². The number of hydrogen-bond acceptors (Lipinski definition) is 8. The van der Waals surface area contributed by atoms with Gasteiger partial charge >= 0.3 is 5.97 Å². The average molecular weight is 440 g/mol. The number of aromatic amines is 1. The van der Waals surface area contributed by atoms with Gasteiger partial charge in [0.05, 0.1) is 24.3 Å². The van der Waals surface area contributed by atoms with Crippen molar-refractivity contribution in [2.75, 3.05) is 18.2 Å². The molecule has 0 fully saturated rings. The van der Waals surface area contributed by atoms with E-state index in [-0.39, 0.29) is 5.75 Å². The second-order valence-corrected chi connectivity index (χ2v) is 7.43.